The van der Waals surface area contributed by atoms with Crippen LogP contribution in [0.4, 0.5) is 4.79 Å². The number of hydroxylamine groups is 2. The van der Waals surface area contributed by atoms with Gasteiger partial charge in [0.25, 0.3) is 0 Å². The Morgan fingerprint density at radius 3 is 2.68 bits per heavy atom. The molecule has 1 aliphatic rings. The maximum Gasteiger partial charge on any atom is 0.338 e. The van der Waals surface area contributed by atoms with Gasteiger partial charge in [-0.05, 0) is 36.0 Å². The molecule has 1 aromatic carbocycles. The van der Waals surface area contributed by atoms with Gasteiger partial charge in [0.05, 0.1) is 20.8 Å². The second kappa shape index (κ2) is 5.36. The standard InChI is InChI=1S/C13H18N2O4/c1-18-11-4-3-8(6-12(11)19-2)10-5-9(10)7-15(17)13(14)16/h3-4,6,9-10,17H,5,7H2,1-2H3,(H2,14,16)/t9-,10-/m0/s1. The SMILES string of the molecule is COc1ccc([C@@H]2C[C@H]2CN(O)C(N)=O)cc1OC. The van der Waals surface area contributed by atoms with Crippen LogP contribution in [0.3, 0.4) is 0 Å². The number of benzene rings is 1. The van der Waals surface area contributed by atoms with E-state index in [1.54, 1.807) is 14.2 Å². The van der Waals surface area contributed by atoms with Crippen molar-refractivity contribution in [3.63, 3.8) is 0 Å². The number of carbonyl (C=O) groups is 1. The van der Waals surface area contributed by atoms with E-state index in [0.717, 1.165) is 12.0 Å². The Balaban J connectivity index is 2.03. The van der Waals surface area contributed by atoms with Crippen molar-refractivity contribution in [3.8, 4) is 11.5 Å². The number of hydrogen-bond acceptors (Lipinski definition) is 4. The van der Waals surface area contributed by atoms with Crippen LogP contribution in [0.25, 0.3) is 0 Å². The fourth-order valence-electron chi connectivity index (χ4n) is 2.25. The van der Waals surface area contributed by atoms with E-state index in [0.29, 0.717) is 22.5 Å². The van der Waals surface area contributed by atoms with Gasteiger partial charge in [0.1, 0.15) is 0 Å². The van der Waals surface area contributed by atoms with Gasteiger partial charge in [-0.2, -0.15) is 0 Å². The van der Waals surface area contributed by atoms with Gasteiger partial charge in [0, 0.05) is 0 Å². The van der Waals surface area contributed by atoms with E-state index in [4.69, 9.17) is 15.2 Å². The van der Waals surface area contributed by atoms with Crippen LogP contribution in [-0.2, 0) is 0 Å². The Bertz CT molecular complexity index is 478. The summed E-state index contributed by atoms with van der Waals surface area (Å²) in [6.45, 7) is 0.258. The van der Waals surface area contributed by atoms with E-state index < -0.39 is 6.03 Å². The Hall–Kier alpha value is -1.95. The zero-order valence-corrected chi connectivity index (χ0v) is 11.0. The molecule has 1 aromatic rings. The summed E-state index contributed by atoms with van der Waals surface area (Å²) < 4.78 is 10.4. The molecule has 6 nitrogen and oxygen atoms in total. The highest BCUT2D eigenvalue weighted by Crippen LogP contribution is 2.49. The molecule has 104 valence electrons. The Morgan fingerprint density at radius 2 is 2.11 bits per heavy atom. The first-order valence-electron chi connectivity index (χ1n) is 6.04. The van der Waals surface area contributed by atoms with Crippen molar-refractivity contribution in [1.82, 2.24) is 5.06 Å². The smallest absolute Gasteiger partial charge is 0.338 e. The monoisotopic (exact) mass is 266 g/mol. The predicted octanol–water partition coefficient (Wildman–Crippen LogP) is 1.58. The van der Waals surface area contributed by atoms with Crippen LogP contribution in [0.15, 0.2) is 18.2 Å². The average Bonchev–Trinajstić information content (AvgIpc) is 3.16. The van der Waals surface area contributed by atoms with Gasteiger partial charge < -0.3 is 15.2 Å². The van der Waals surface area contributed by atoms with E-state index in [-0.39, 0.29) is 12.5 Å². The number of rotatable bonds is 5. The number of hydrogen-bond donors (Lipinski definition) is 2. The van der Waals surface area contributed by atoms with Gasteiger partial charge >= 0.3 is 6.03 Å². The molecule has 0 radical (unpaired) electrons. The fourth-order valence-corrected chi connectivity index (χ4v) is 2.25. The van der Waals surface area contributed by atoms with Crippen LogP contribution in [0.2, 0.25) is 0 Å². The molecule has 0 heterocycles. The first-order chi connectivity index (χ1) is 9.06. The third-order valence-corrected chi connectivity index (χ3v) is 3.42. The van der Waals surface area contributed by atoms with E-state index in [2.05, 4.69) is 0 Å². The molecular formula is C13H18N2O4. The largest absolute Gasteiger partial charge is 0.493 e. The lowest BCUT2D eigenvalue weighted by atomic mass is 10.1. The van der Waals surface area contributed by atoms with Gasteiger partial charge in [0.2, 0.25) is 0 Å². The topological polar surface area (TPSA) is 85.0 Å². The summed E-state index contributed by atoms with van der Waals surface area (Å²) in [4.78, 5) is 10.8. The van der Waals surface area contributed by atoms with E-state index >= 15 is 0 Å². The number of amides is 2. The molecule has 0 aliphatic heterocycles. The molecule has 0 bridgehead atoms. The molecular weight excluding hydrogens is 248 g/mol. The third kappa shape index (κ3) is 2.90. The molecule has 0 aromatic heterocycles. The molecule has 1 saturated carbocycles. The van der Waals surface area contributed by atoms with Gasteiger partial charge in [-0.25, -0.2) is 9.86 Å². The second-order valence-electron chi connectivity index (χ2n) is 4.64. The quantitative estimate of drug-likeness (QED) is 0.626. The molecule has 0 unspecified atom stereocenters. The third-order valence-electron chi connectivity index (χ3n) is 3.42. The minimum absolute atomic E-state index is 0.232. The number of nitrogens with two attached hydrogens (primary N) is 1. The van der Waals surface area contributed by atoms with Gasteiger partial charge in [-0.1, -0.05) is 6.07 Å². The zero-order chi connectivity index (χ0) is 14.0. The summed E-state index contributed by atoms with van der Waals surface area (Å²) in [6, 6.07) is 4.93. The minimum atomic E-state index is -0.821. The lowest BCUT2D eigenvalue weighted by molar-refractivity contribution is -0.0431. The van der Waals surface area contributed by atoms with Crippen LogP contribution >= 0.6 is 0 Å². The molecule has 3 N–H and O–H groups in total. The van der Waals surface area contributed by atoms with Crippen LogP contribution in [0.1, 0.15) is 17.9 Å². The van der Waals surface area contributed by atoms with Crippen LogP contribution < -0.4 is 15.2 Å². The second-order valence-corrected chi connectivity index (χ2v) is 4.64. The summed E-state index contributed by atoms with van der Waals surface area (Å²) in [7, 11) is 3.18. The van der Waals surface area contributed by atoms with Crippen molar-refractivity contribution in [1.29, 1.82) is 0 Å². The highest BCUT2D eigenvalue weighted by molar-refractivity contribution is 5.70. The van der Waals surface area contributed by atoms with Crippen LogP contribution in [-0.4, -0.2) is 37.1 Å². The van der Waals surface area contributed by atoms with Gasteiger partial charge in [-0.15, -0.1) is 0 Å². The van der Waals surface area contributed by atoms with Crippen molar-refractivity contribution >= 4 is 6.03 Å². The predicted molar refractivity (Wildman–Crippen MR) is 68.5 cm³/mol. The molecule has 1 aliphatic carbocycles. The van der Waals surface area contributed by atoms with Gasteiger partial charge in [-0.3, -0.25) is 5.21 Å². The summed E-state index contributed by atoms with van der Waals surface area (Å²) in [5.74, 6) is 1.91. The highest BCUT2D eigenvalue weighted by Gasteiger charge is 2.40. The summed E-state index contributed by atoms with van der Waals surface area (Å²) in [6.07, 6.45) is 0.916. The van der Waals surface area contributed by atoms with Crippen molar-refractivity contribution < 1.29 is 19.5 Å². The number of nitrogens with zero attached hydrogens (tertiary/aromatic N) is 1. The molecule has 1 fully saturated rings. The Morgan fingerprint density at radius 1 is 1.42 bits per heavy atom. The van der Waals surface area contributed by atoms with Crippen LogP contribution in [0, 0.1) is 5.92 Å². The number of primary amides is 1. The number of methoxy groups -OCH3 is 2. The Kier molecular flexibility index (Phi) is 3.80. The molecule has 6 heteroatoms. The number of carbonyl (C=O) groups excluding carboxylic acids is 1. The van der Waals surface area contributed by atoms with Crippen molar-refractivity contribution in [2.45, 2.75) is 12.3 Å². The zero-order valence-electron chi connectivity index (χ0n) is 11.0. The minimum Gasteiger partial charge on any atom is -0.493 e. The fraction of sp³-hybridized carbons (Fsp3) is 0.462. The Labute approximate surface area is 111 Å². The lowest BCUT2D eigenvalue weighted by Gasteiger charge is -2.12. The molecule has 0 saturated heterocycles. The van der Waals surface area contributed by atoms with E-state index in [9.17, 15) is 10.0 Å². The van der Waals surface area contributed by atoms with E-state index in [1.807, 2.05) is 18.2 Å². The summed E-state index contributed by atoms with van der Waals surface area (Å²) in [5.41, 5.74) is 6.09. The average molecular weight is 266 g/mol. The highest BCUT2D eigenvalue weighted by atomic mass is 16.5. The van der Waals surface area contributed by atoms with E-state index in [1.165, 1.54) is 0 Å². The molecule has 2 atom stereocenters. The number of urea groups is 1. The maximum atomic E-state index is 10.8. The number of ether oxygens (including phenoxy) is 2. The van der Waals surface area contributed by atoms with Gasteiger partial charge in [0.15, 0.2) is 11.5 Å². The molecule has 0 spiro atoms. The maximum absolute atomic E-state index is 10.8. The van der Waals surface area contributed by atoms with Crippen LogP contribution in [0.5, 0.6) is 11.5 Å². The first-order valence-corrected chi connectivity index (χ1v) is 6.04. The molecule has 2 rings (SSSR count). The molecule has 2 amide bonds. The summed E-state index contributed by atoms with van der Waals surface area (Å²) >= 11 is 0. The molecule has 19 heavy (non-hydrogen) atoms. The summed E-state index contributed by atoms with van der Waals surface area (Å²) in [5, 5.41) is 9.86. The van der Waals surface area contributed by atoms with Crippen molar-refractivity contribution in [3.05, 3.63) is 23.8 Å². The first kappa shape index (κ1) is 13.5. The van der Waals surface area contributed by atoms with Crippen molar-refractivity contribution in [2.75, 3.05) is 20.8 Å². The normalized spacial score (nSPS) is 20.8. The lowest BCUT2D eigenvalue weighted by Crippen LogP contribution is -2.34. The van der Waals surface area contributed by atoms with Crippen molar-refractivity contribution in [2.24, 2.45) is 11.7 Å².